The summed E-state index contributed by atoms with van der Waals surface area (Å²) in [7, 11) is 3.20. The molecule has 1 radical (unpaired) electrons. The lowest BCUT2D eigenvalue weighted by atomic mass is 10.2. The van der Waals surface area contributed by atoms with Crippen LogP contribution in [0, 0.1) is 7.11 Å². The molecule has 0 aliphatic heterocycles. The summed E-state index contributed by atoms with van der Waals surface area (Å²) in [6.45, 7) is 0.613. The number of allylic oxidation sites excluding steroid dienone is 1. The van der Waals surface area contributed by atoms with Crippen LogP contribution in [0.4, 0.5) is 8.78 Å². The molecule has 0 aromatic rings. The van der Waals surface area contributed by atoms with Crippen molar-refractivity contribution in [1.82, 2.24) is 0 Å². The van der Waals surface area contributed by atoms with Crippen molar-refractivity contribution in [2.45, 2.75) is 25.7 Å². The summed E-state index contributed by atoms with van der Waals surface area (Å²) in [4.78, 5) is 0. The maximum atomic E-state index is 11.4. The third-order valence-corrected chi connectivity index (χ3v) is 1.29. The summed E-state index contributed by atoms with van der Waals surface area (Å²) in [6.07, 6.45) is 2.42. The largest absolute Gasteiger partial charge is 0.379 e. The predicted molar refractivity (Wildman–Crippen MR) is 40.1 cm³/mol. The molecule has 0 spiro atoms. The summed E-state index contributed by atoms with van der Waals surface area (Å²) >= 11 is 0. The number of hydrogen-bond acceptors (Lipinski definition) is 1. The molecule has 1 nitrogen and oxygen atoms in total. The van der Waals surface area contributed by atoms with Crippen molar-refractivity contribution in [3.8, 4) is 0 Å². The topological polar surface area (TPSA) is 9.23 Å². The second kappa shape index (κ2) is 7.66. The highest BCUT2D eigenvalue weighted by atomic mass is 19.3. The van der Waals surface area contributed by atoms with E-state index in [1.54, 1.807) is 0 Å². The summed E-state index contributed by atoms with van der Waals surface area (Å²) in [5, 5.41) is 0. The fourth-order valence-corrected chi connectivity index (χ4v) is 0.736. The monoisotopic (exact) mass is 163 g/mol. The first-order chi connectivity index (χ1) is 5.27. The molecule has 0 N–H and O–H groups in total. The molecule has 0 atom stereocenters. The Morgan fingerprint density at radius 3 is 2.55 bits per heavy atom. The van der Waals surface area contributed by atoms with Crippen molar-refractivity contribution in [3.05, 3.63) is 19.3 Å². The second-order valence-corrected chi connectivity index (χ2v) is 2.25. The second-order valence-electron chi connectivity index (χ2n) is 2.25. The molecule has 0 saturated heterocycles. The first kappa shape index (κ1) is 10.6. The van der Waals surface area contributed by atoms with Crippen molar-refractivity contribution in [2.24, 2.45) is 0 Å². The number of hydrogen-bond donors (Lipinski definition) is 0. The summed E-state index contributed by atoms with van der Waals surface area (Å²) < 4.78 is 27.4. The van der Waals surface area contributed by atoms with E-state index in [2.05, 4.69) is 11.8 Å². The molecule has 0 unspecified atom stereocenters. The van der Waals surface area contributed by atoms with Crippen LogP contribution in [0.2, 0.25) is 0 Å². The van der Waals surface area contributed by atoms with E-state index in [-0.39, 0.29) is 0 Å². The van der Waals surface area contributed by atoms with E-state index >= 15 is 0 Å². The van der Waals surface area contributed by atoms with Crippen LogP contribution in [0.15, 0.2) is 12.2 Å². The highest BCUT2D eigenvalue weighted by Gasteiger charge is 1.89. The van der Waals surface area contributed by atoms with Crippen LogP contribution >= 0.6 is 0 Å². The molecule has 0 bridgehead atoms. The van der Waals surface area contributed by atoms with E-state index in [1.165, 1.54) is 0 Å². The summed E-state index contributed by atoms with van der Waals surface area (Å²) in [5.41, 5.74) is 0. The molecular weight excluding hydrogens is 150 g/mol. The van der Waals surface area contributed by atoms with Gasteiger partial charge in [-0.3, -0.25) is 0 Å². The van der Waals surface area contributed by atoms with Gasteiger partial charge >= 0.3 is 0 Å². The lowest BCUT2D eigenvalue weighted by Gasteiger charge is -1.95. The van der Waals surface area contributed by atoms with E-state index < -0.39 is 6.08 Å². The maximum absolute atomic E-state index is 11.4. The molecule has 0 fully saturated rings. The molecule has 0 rings (SSSR count). The molecule has 0 aromatic heterocycles. The van der Waals surface area contributed by atoms with Crippen molar-refractivity contribution in [2.75, 3.05) is 6.61 Å². The van der Waals surface area contributed by atoms with E-state index in [4.69, 9.17) is 0 Å². The highest BCUT2D eigenvalue weighted by Crippen LogP contribution is 2.05. The van der Waals surface area contributed by atoms with Crippen molar-refractivity contribution in [1.29, 1.82) is 0 Å². The molecule has 0 saturated carbocycles. The lowest BCUT2D eigenvalue weighted by molar-refractivity contribution is 0.234. The average Bonchev–Trinajstić information content (AvgIpc) is 1.96. The fourth-order valence-electron chi connectivity index (χ4n) is 0.736. The van der Waals surface area contributed by atoms with Gasteiger partial charge in [0.2, 0.25) is 0 Å². The Hall–Kier alpha value is -0.440. The normalized spacial score (nSPS) is 9.73. The fraction of sp³-hybridized carbons (Fsp3) is 0.625. The van der Waals surface area contributed by atoms with Crippen molar-refractivity contribution < 1.29 is 13.5 Å². The summed E-state index contributed by atoms with van der Waals surface area (Å²) in [6, 6.07) is 0. The van der Waals surface area contributed by atoms with E-state index in [9.17, 15) is 8.78 Å². The third kappa shape index (κ3) is 9.56. The number of ether oxygens (including phenoxy) is 1. The molecular formula is C8H13F2O. The molecule has 65 valence electrons. The SMILES string of the molecule is [CH2]OCCCCCC=C(F)F. The van der Waals surface area contributed by atoms with Gasteiger partial charge in [-0.2, -0.15) is 8.78 Å². The van der Waals surface area contributed by atoms with Gasteiger partial charge in [0.1, 0.15) is 0 Å². The van der Waals surface area contributed by atoms with Gasteiger partial charge in [0, 0.05) is 6.61 Å². The third-order valence-electron chi connectivity index (χ3n) is 1.29. The Kier molecular flexibility index (Phi) is 7.36. The van der Waals surface area contributed by atoms with Crippen LogP contribution in [0.3, 0.4) is 0 Å². The predicted octanol–water partition coefficient (Wildman–Crippen LogP) is 3.14. The van der Waals surface area contributed by atoms with Crippen LogP contribution in [0.25, 0.3) is 0 Å². The van der Waals surface area contributed by atoms with Gasteiger partial charge < -0.3 is 4.74 Å². The molecule has 0 heterocycles. The molecule has 11 heavy (non-hydrogen) atoms. The average molecular weight is 163 g/mol. The minimum absolute atomic E-state index is 0.458. The summed E-state index contributed by atoms with van der Waals surface area (Å²) in [5.74, 6) is 0. The molecule has 0 amide bonds. The van der Waals surface area contributed by atoms with Crippen LogP contribution in [0.1, 0.15) is 25.7 Å². The van der Waals surface area contributed by atoms with Gasteiger partial charge in [0.25, 0.3) is 6.08 Å². The van der Waals surface area contributed by atoms with Crippen LogP contribution < -0.4 is 0 Å². The Bertz CT molecular complexity index is 109. The quantitative estimate of drug-likeness (QED) is 0.546. The minimum atomic E-state index is -1.58. The number of halogens is 2. The van der Waals surface area contributed by atoms with Crippen molar-refractivity contribution in [3.63, 3.8) is 0 Å². The standard InChI is InChI=1S/C8H13F2O/c1-11-7-5-3-2-4-6-8(9)10/h6H,1-5,7H2. The Labute approximate surface area is 66.0 Å². The highest BCUT2D eigenvalue weighted by molar-refractivity contribution is 4.79. The smallest absolute Gasteiger partial charge is 0.266 e. The zero-order valence-electron chi connectivity index (χ0n) is 6.48. The van der Waals surface area contributed by atoms with Gasteiger partial charge in [-0.15, -0.1) is 0 Å². The van der Waals surface area contributed by atoms with Gasteiger partial charge in [0.05, 0.1) is 7.11 Å². The van der Waals surface area contributed by atoms with Crippen molar-refractivity contribution >= 4 is 0 Å². The zero-order chi connectivity index (χ0) is 8.53. The number of rotatable bonds is 6. The van der Waals surface area contributed by atoms with E-state index in [0.717, 1.165) is 25.3 Å². The first-order valence-electron chi connectivity index (χ1n) is 3.65. The van der Waals surface area contributed by atoms with Crippen LogP contribution in [-0.2, 0) is 4.74 Å². The molecule has 0 aliphatic carbocycles. The van der Waals surface area contributed by atoms with Gasteiger partial charge in [-0.05, 0) is 25.3 Å². The Balaban J connectivity index is 2.97. The van der Waals surface area contributed by atoms with E-state index in [0.29, 0.717) is 13.0 Å². The number of unbranched alkanes of at least 4 members (excludes halogenated alkanes) is 3. The van der Waals surface area contributed by atoms with Gasteiger partial charge in [0.15, 0.2) is 0 Å². The zero-order valence-corrected chi connectivity index (χ0v) is 6.48. The molecule has 3 heteroatoms. The van der Waals surface area contributed by atoms with Gasteiger partial charge in [-0.1, -0.05) is 6.42 Å². The first-order valence-corrected chi connectivity index (χ1v) is 3.65. The van der Waals surface area contributed by atoms with Crippen LogP contribution in [0.5, 0.6) is 0 Å². The Morgan fingerprint density at radius 1 is 1.27 bits per heavy atom. The van der Waals surface area contributed by atoms with Crippen LogP contribution in [-0.4, -0.2) is 6.61 Å². The molecule has 0 aromatic carbocycles. The maximum Gasteiger partial charge on any atom is 0.266 e. The minimum Gasteiger partial charge on any atom is -0.379 e. The lowest BCUT2D eigenvalue weighted by Crippen LogP contribution is -1.85. The van der Waals surface area contributed by atoms with E-state index in [1.807, 2.05) is 0 Å². The molecule has 0 aliphatic rings. The Morgan fingerprint density at radius 2 is 2.00 bits per heavy atom. The van der Waals surface area contributed by atoms with Gasteiger partial charge in [-0.25, -0.2) is 0 Å².